The number of amides is 3. The maximum Gasteiger partial charge on any atom is 0.407 e. The van der Waals surface area contributed by atoms with Crippen molar-refractivity contribution in [2.24, 2.45) is 0 Å². The molecule has 0 aliphatic carbocycles. The first-order valence-corrected chi connectivity index (χ1v) is 21.6. The number of aromatic nitrogens is 4. The standard InChI is InChI=1S/C46H53F2N9O6/c1-3-62-28-63-54-40(31-14-8-5-9-15-31)45(59)57-21-11-17-38(57)42-49-26-35(51-42)29-18-22-55(23-19-29)41-33(47)24-32(25-34(41)48)36-27-50-43(52-36)37-16-10-20-56(37)44(58)39(53-46(60)61-2)30-12-6-4-7-13-30/h4-9,12-15,24-27,29,37-40,54H,3,10-11,16-23,28H2,1-2H3,(H,49,51)(H,50,52)(H,53,60)/t37-,38-,39+,40+/m0/s1. The van der Waals surface area contributed by atoms with Crippen LogP contribution in [0.2, 0.25) is 0 Å². The van der Waals surface area contributed by atoms with Gasteiger partial charge in [-0.3, -0.25) is 14.4 Å². The van der Waals surface area contributed by atoms with Crippen LogP contribution in [-0.4, -0.2) is 94.3 Å². The second-order valence-corrected chi connectivity index (χ2v) is 16.0. The highest BCUT2D eigenvalue weighted by molar-refractivity contribution is 5.87. The van der Waals surface area contributed by atoms with Crippen molar-refractivity contribution >= 4 is 23.6 Å². The number of carbonyl (C=O) groups excluding carboxylic acids is 3. The van der Waals surface area contributed by atoms with Crippen molar-refractivity contribution in [3.63, 3.8) is 0 Å². The summed E-state index contributed by atoms with van der Waals surface area (Å²) in [6.07, 6.45) is 6.83. The van der Waals surface area contributed by atoms with Crippen molar-refractivity contribution in [3.05, 3.63) is 125 Å². The fourth-order valence-electron chi connectivity index (χ4n) is 9.04. The number of ether oxygens (including phenoxy) is 2. The molecule has 3 amide bonds. The normalized spacial score (nSPS) is 19.0. The molecule has 332 valence electrons. The maximum absolute atomic E-state index is 15.9. The van der Waals surface area contributed by atoms with E-state index >= 15 is 8.78 Å². The molecule has 17 heteroatoms. The van der Waals surface area contributed by atoms with Gasteiger partial charge in [0, 0.05) is 56.2 Å². The highest BCUT2D eigenvalue weighted by atomic mass is 19.1. The Kier molecular flexibility index (Phi) is 13.7. The van der Waals surface area contributed by atoms with Gasteiger partial charge in [0.1, 0.15) is 41.1 Å². The third kappa shape index (κ3) is 9.60. The Labute approximate surface area is 364 Å². The molecular formula is C46H53F2N9O6. The van der Waals surface area contributed by atoms with Crippen molar-refractivity contribution in [2.75, 3.05) is 51.6 Å². The molecule has 3 aliphatic heterocycles. The SMILES string of the molecule is CCOCON[C@@H](C(=O)N1CCC[C@H]1c1ncc(C2CCN(c3c(F)cc(-c4cnc([C@@H]5CCCN5C(=O)[C@H](NC(=O)OC)c5ccccc5)[nH]4)cc3F)CC2)[nH]1)c1ccccc1. The van der Waals surface area contributed by atoms with Crippen LogP contribution in [-0.2, 0) is 23.9 Å². The summed E-state index contributed by atoms with van der Waals surface area (Å²) in [4.78, 5) is 66.9. The van der Waals surface area contributed by atoms with Crippen LogP contribution >= 0.6 is 0 Å². The van der Waals surface area contributed by atoms with Crippen molar-refractivity contribution < 1.29 is 37.5 Å². The number of hydrogen-bond donors (Lipinski definition) is 4. The van der Waals surface area contributed by atoms with E-state index in [1.165, 1.54) is 25.4 Å². The summed E-state index contributed by atoms with van der Waals surface area (Å²) < 4.78 is 42.0. The number of rotatable bonds is 15. The first-order chi connectivity index (χ1) is 30.7. The molecule has 0 bridgehead atoms. The quantitative estimate of drug-likeness (QED) is 0.0482. The van der Waals surface area contributed by atoms with Gasteiger partial charge in [-0.15, -0.1) is 0 Å². The van der Waals surface area contributed by atoms with Gasteiger partial charge < -0.3 is 39.5 Å². The molecule has 8 rings (SSSR count). The Morgan fingerprint density at radius 1 is 0.778 bits per heavy atom. The van der Waals surface area contributed by atoms with Crippen LogP contribution in [0.5, 0.6) is 0 Å². The molecule has 5 heterocycles. The Balaban J connectivity index is 0.904. The zero-order chi connectivity index (χ0) is 43.9. The van der Waals surface area contributed by atoms with Crippen molar-refractivity contribution in [3.8, 4) is 11.3 Å². The number of halogens is 2. The number of carbonyl (C=O) groups is 3. The topological polar surface area (TPSA) is 170 Å². The summed E-state index contributed by atoms with van der Waals surface area (Å²) in [5, 5.41) is 2.65. The summed E-state index contributed by atoms with van der Waals surface area (Å²) in [5.74, 6) is -0.508. The summed E-state index contributed by atoms with van der Waals surface area (Å²) in [7, 11) is 1.24. The van der Waals surface area contributed by atoms with Gasteiger partial charge in [0.15, 0.2) is 6.79 Å². The molecule has 63 heavy (non-hydrogen) atoms. The zero-order valence-corrected chi connectivity index (χ0v) is 35.4. The second kappa shape index (κ2) is 19.9. The minimum absolute atomic E-state index is 0.0104. The predicted octanol–water partition coefficient (Wildman–Crippen LogP) is 7.14. The highest BCUT2D eigenvalue weighted by Crippen LogP contribution is 2.38. The fourth-order valence-corrected chi connectivity index (χ4v) is 9.04. The van der Waals surface area contributed by atoms with E-state index in [9.17, 15) is 14.4 Å². The van der Waals surface area contributed by atoms with E-state index in [-0.39, 0.29) is 36.3 Å². The summed E-state index contributed by atoms with van der Waals surface area (Å²) in [5.41, 5.74) is 5.86. The molecule has 5 aromatic rings. The smallest absolute Gasteiger partial charge is 0.407 e. The van der Waals surface area contributed by atoms with Crippen molar-refractivity contribution in [1.29, 1.82) is 0 Å². The maximum atomic E-state index is 15.9. The molecule has 15 nitrogen and oxygen atoms in total. The number of aromatic amines is 2. The molecule has 0 radical (unpaired) electrons. The number of H-pyrrole nitrogens is 2. The highest BCUT2D eigenvalue weighted by Gasteiger charge is 2.39. The first-order valence-electron chi connectivity index (χ1n) is 21.6. The van der Waals surface area contributed by atoms with Gasteiger partial charge in [-0.1, -0.05) is 60.7 Å². The van der Waals surface area contributed by atoms with Gasteiger partial charge >= 0.3 is 6.09 Å². The lowest BCUT2D eigenvalue weighted by Gasteiger charge is -2.33. The monoisotopic (exact) mass is 865 g/mol. The molecular weight excluding hydrogens is 813 g/mol. The van der Waals surface area contributed by atoms with E-state index in [1.54, 1.807) is 34.1 Å². The number of alkyl carbamates (subject to hydrolysis) is 1. The minimum atomic E-state index is -0.972. The van der Waals surface area contributed by atoms with Crippen LogP contribution in [0.4, 0.5) is 19.3 Å². The zero-order valence-electron chi connectivity index (χ0n) is 35.4. The number of benzene rings is 3. The van der Waals surface area contributed by atoms with E-state index in [0.717, 1.165) is 24.1 Å². The molecule has 3 fully saturated rings. The Morgan fingerprint density at radius 3 is 1.95 bits per heavy atom. The average Bonchev–Trinajstić information content (AvgIpc) is 4.16. The molecule has 3 aliphatic rings. The van der Waals surface area contributed by atoms with Crippen LogP contribution < -0.4 is 15.7 Å². The minimum Gasteiger partial charge on any atom is -0.453 e. The first kappa shape index (κ1) is 43.5. The van der Waals surface area contributed by atoms with Gasteiger partial charge in [-0.25, -0.2) is 23.5 Å². The summed E-state index contributed by atoms with van der Waals surface area (Å²) in [6.45, 7) is 4.26. The number of likely N-dealkylation sites (tertiary alicyclic amines) is 2. The number of imidazole rings is 2. The van der Waals surface area contributed by atoms with E-state index in [0.29, 0.717) is 86.9 Å². The molecule has 0 spiro atoms. The van der Waals surface area contributed by atoms with Crippen LogP contribution in [0.15, 0.2) is 85.2 Å². The lowest BCUT2D eigenvalue weighted by atomic mass is 9.93. The van der Waals surface area contributed by atoms with Crippen LogP contribution in [0, 0.1) is 11.6 Å². The number of nitrogens with one attached hydrogen (secondary N) is 4. The Morgan fingerprint density at radius 2 is 1.35 bits per heavy atom. The van der Waals surface area contributed by atoms with Gasteiger partial charge in [-0.2, -0.15) is 5.48 Å². The van der Waals surface area contributed by atoms with E-state index in [1.807, 2.05) is 54.4 Å². The van der Waals surface area contributed by atoms with Crippen LogP contribution in [0.1, 0.15) is 104 Å². The van der Waals surface area contributed by atoms with Gasteiger partial charge in [0.2, 0.25) is 5.91 Å². The second-order valence-electron chi connectivity index (χ2n) is 16.0. The lowest BCUT2D eigenvalue weighted by Crippen LogP contribution is -2.42. The molecule has 0 unspecified atom stereocenters. The predicted molar refractivity (Wildman–Crippen MR) is 229 cm³/mol. The van der Waals surface area contributed by atoms with Crippen molar-refractivity contribution in [2.45, 2.75) is 75.5 Å². The molecule has 2 aromatic heterocycles. The summed E-state index contributed by atoms with van der Waals surface area (Å²) >= 11 is 0. The van der Waals surface area contributed by atoms with Crippen LogP contribution in [0.25, 0.3) is 11.3 Å². The van der Waals surface area contributed by atoms with Gasteiger partial charge in [-0.05, 0) is 68.7 Å². The Bertz CT molecular complexity index is 2320. The van der Waals surface area contributed by atoms with Crippen molar-refractivity contribution in [1.82, 2.24) is 40.5 Å². The molecule has 4 N–H and O–H groups in total. The molecule has 3 saturated heterocycles. The summed E-state index contributed by atoms with van der Waals surface area (Å²) in [6, 6.07) is 18.6. The number of piperidine rings is 1. The van der Waals surface area contributed by atoms with Gasteiger partial charge in [0.25, 0.3) is 5.91 Å². The fraction of sp³-hybridized carbons (Fsp3) is 0.413. The average molecular weight is 866 g/mol. The van der Waals surface area contributed by atoms with E-state index in [2.05, 4.69) is 25.7 Å². The van der Waals surface area contributed by atoms with E-state index in [4.69, 9.17) is 19.3 Å². The number of anilines is 1. The lowest BCUT2D eigenvalue weighted by molar-refractivity contribution is -0.147. The van der Waals surface area contributed by atoms with E-state index < -0.39 is 35.9 Å². The number of hydrogen-bond acceptors (Lipinski definition) is 10. The molecule has 0 saturated carbocycles. The third-order valence-electron chi connectivity index (χ3n) is 12.2. The number of hydroxylamine groups is 1. The molecule has 4 atom stereocenters. The van der Waals surface area contributed by atoms with Crippen LogP contribution in [0.3, 0.4) is 0 Å². The molecule has 3 aromatic carbocycles. The largest absolute Gasteiger partial charge is 0.453 e. The number of methoxy groups -OCH3 is 1. The van der Waals surface area contributed by atoms with Gasteiger partial charge in [0.05, 0.1) is 31.1 Å². The Hall–Kier alpha value is -6.17. The number of nitrogens with zero attached hydrogens (tertiary/aromatic N) is 5. The third-order valence-corrected chi connectivity index (χ3v) is 12.2.